The molecule has 20 heavy (non-hydrogen) atoms. The normalized spacial score (nSPS) is 15.8. The molecule has 3 heterocycles. The Morgan fingerprint density at radius 2 is 2.00 bits per heavy atom. The molecule has 1 aliphatic rings. The third-order valence-electron chi connectivity index (χ3n) is 3.55. The van der Waals surface area contributed by atoms with Crippen LogP contribution in [-0.2, 0) is 6.42 Å². The molecule has 0 unspecified atom stereocenters. The topological polar surface area (TPSA) is 55.0 Å². The van der Waals surface area contributed by atoms with E-state index in [1.165, 1.54) is 10.3 Å². The molecule has 4 nitrogen and oxygen atoms in total. The monoisotopic (exact) mass is 334 g/mol. The fourth-order valence-corrected chi connectivity index (χ4v) is 3.36. The predicted molar refractivity (Wildman–Crippen MR) is 90.7 cm³/mol. The number of halogens is 2. The van der Waals surface area contributed by atoms with Crippen molar-refractivity contribution in [1.82, 2.24) is 9.97 Å². The van der Waals surface area contributed by atoms with Crippen LogP contribution in [0.4, 0.5) is 5.82 Å². The van der Waals surface area contributed by atoms with Gasteiger partial charge < -0.3 is 10.6 Å². The van der Waals surface area contributed by atoms with Gasteiger partial charge in [0.05, 0.1) is 5.39 Å². The maximum atomic E-state index is 5.96. The molecule has 0 amide bonds. The number of aryl methyl sites for hydroxylation is 1. The lowest BCUT2D eigenvalue weighted by Gasteiger charge is -2.31. The Morgan fingerprint density at radius 1 is 1.30 bits per heavy atom. The lowest BCUT2D eigenvalue weighted by Crippen LogP contribution is -2.40. The summed E-state index contributed by atoms with van der Waals surface area (Å²) in [5, 5.41) is 1.20. The van der Waals surface area contributed by atoms with Crippen LogP contribution >= 0.6 is 36.2 Å². The minimum Gasteiger partial charge on any atom is -0.356 e. The van der Waals surface area contributed by atoms with E-state index in [1.54, 1.807) is 17.7 Å². The first-order valence-electron chi connectivity index (χ1n) is 6.52. The van der Waals surface area contributed by atoms with E-state index in [0.29, 0.717) is 6.04 Å². The minimum absolute atomic E-state index is 0. The van der Waals surface area contributed by atoms with Crippen molar-refractivity contribution in [2.24, 2.45) is 5.73 Å². The number of nitrogens with zero attached hydrogens (tertiary/aromatic N) is 3. The Hall–Kier alpha value is -0.620. The average Bonchev–Trinajstić information content (AvgIpc) is 2.82. The van der Waals surface area contributed by atoms with Crippen LogP contribution in [0.5, 0.6) is 0 Å². The molecule has 0 radical (unpaired) electrons. The molecule has 112 valence electrons. The van der Waals surface area contributed by atoms with Gasteiger partial charge in [0, 0.05) is 24.0 Å². The summed E-state index contributed by atoms with van der Waals surface area (Å²) in [5.74, 6) is 1.09. The van der Waals surface area contributed by atoms with Gasteiger partial charge in [0.15, 0.2) is 0 Å². The first kappa shape index (κ1) is 17.4. The minimum atomic E-state index is 0. The van der Waals surface area contributed by atoms with Crippen molar-refractivity contribution in [1.29, 1.82) is 0 Å². The summed E-state index contributed by atoms with van der Waals surface area (Å²) in [6, 6.07) is 2.59. The Bertz CT molecular complexity index is 552. The quantitative estimate of drug-likeness (QED) is 0.917. The van der Waals surface area contributed by atoms with E-state index in [9.17, 15) is 0 Å². The molecule has 2 aromatic rings. The number of rotatable bonds is 2. The Kier molecular flexibility index (Phi) is 6.45. The number of hydrogen-bond donors (Lipinski definition) is 1. The van der Waals surface area contributed by atoms with Gasteiger partial charge in [0.1, 0.15) is 17.0 Å². The van der Waals surface area contributed by atoms with Gasteiger partial charge >= 0.3 is 0 Å². The number of hydrogen-bond acceptors (Lipinski definition) is 5. The predicted octanol–water partition coefficient (Wildman–Crippen LogP) is 3.02. The summed E-state index contributed by atoms with van der Waals surface area (Å²) < 4.78 is 0. The van der Waals surface area contributed by atoms with Crippen molar-refractivity contribution in [3.05, 3.63) is 17.3 Å². The summed E-state index contributed by atoms with van der Waals surface area (Å²) in [4.78, 5) is 13.7. The van der Waals surface area contributed by atoms with Crippen molar-refractivity contribution in [2.45, 2.75) is 32.2 Å². The fraction of sp³-hybridized carbons (Fsp3) is 0.538. The van der Waals surface area contributed by atoms with Gasteiger partial charge in [-0.1, -0.05) is 6.92 Å². The molecule has 0 aromatic carbocycles. The molecular weight excluding hydrogens is 315 g/mol. The van der Waals surface area contributed by atoms with Crippen LogP contribution in [0.2, 0.25) is 0 Å². The fourth-order valence-electron chi connectivity index (χ4n) is 2.43. The number of thiophene rings is 1. The molecule has 1 aliphatic heterocycles. The summed E-state index contributed by atoms with van der Waals surface area (Å²) >= 11 is 1.77. The third kappa shape index (κ3) is 3.34. The van der Waals surface area contributed by atoms with Crippen LogP contribution in [0, 0.1) is 0 Å². The SMILES string of the molecule is CCc1cc2c(N3CCC(N)CC3)ncnc2s1.Cl.Cl. The molecule has 1 saturated heterocycles. The van der Waals surface area contributed by atoms with E-state index in [1.807, 2.05) is 0 Å². The molecule has 2 aromatic heterocycles. The van der Waals surface area contributed by atoms with Gasteiger partial charge in [-0.15, -0.1) is 36.2 Å². The van der Waals surface area contributed by atoms with Gasteiger partial charge in [-0.05, 0) is 25.3 Å². The van der Waals surface area contributed by atoms with E-state index < -0.39 is 0 Å². The van der Waals surface area contributed by atoms with Gasteiger partial charge in [-0.2, -0.15) is 0 Å². The average molecular weight is 335 g/mol. The Labute approximate surface area is 135 Å². The van der Waals surface area contributed by atoms with Gasteiger partial charge in [-0.3, -0.25) is 0 Å². The number of piperidine rings is 1. The van der Waals surface area contributed by atoms with Crippen LogP contribution in [0.15, 0.2) is 12.4 Å². The van der Waals surface area contributed by atoms with Crippen molar-refractivity contribution < 1.29 is 0 Å². The highest BCUT2D eigenvalue weighted by atomic mass is 35.5. The first-order valence-corrected chi connectivity index (χ1v) is 7.33. The lowest BCUT2D eigenvalue weighted by atomic mass is 10.1. The van der Waals surface area contributed by atoms with Crippen molar-refractivity contribution in [2.75, 3.05) is 18.0 Å². The molecule has 0 spiro atoms. The standard InChI is InChI=1S/C13H18N4S.2ClH/c1-2-10-7-11-12(15-8-16-13(11)18-10)17-5-3-9(14)4-6-17;;/h7-9H,2-6,14H2,1H3;2*1H. The maximum absolute atomic E-state index is 5.96. The van der Waals surface area contributed by atoms with Crippen LogP contribution in [0.25, 0.3) is 10.2 Å². The zero-order chi connectivity index (χ0) is 12.5. The molecular formula is C13H20Cl2N4S. The summed E-state index contributed by atoms with van der Waals surface area (Å²) in [5.41, 5.74) is 5.96. The van der Waals surface area contributed by atoms with Crippen molar-refractivity contribution in [3.63, 3.8) is 0 Å². The molecule has 0 aliphatic carbocycles. The molecule has 0 saturated carbocycles. The molecule has 0 atom stereocenters. The highest BCUT2D eigenvalue weighted by molar-refractivity contribution is 7.18. The second-order valence-electron chi connectivity index (χ2n) is 4.81. The smallest absolute Gasteiger partial charge is 0.140 e. The van der Waals surface area contributed by atoms with E-state index in [-0.39, 0.29) is 24.8 Å². The zero-order valence-electron chi connectivity index (χ0n) is 11.4. The zero-order valence-corrected chi connectivity index (χ0v) is 13.9. The molecule has 3 rings (SSSR count). The second kappa shape index (κ2) is 7.41. The van der Waals surface area contributed by atoms with E-state index in [0.717, 1.165) is 43.0 Å². The van der Waals surface area contributed by atoms with Gasteiger partial charge in [-0.25, -0.2) is 9.97 Å². The summed E-state index contributed by atoms with van der Waals surface area (Å²) in [7, 11) is 0. The van der Waals surface area contributed by atoms with Crippen molar-refractivity contribution in [3.8, 4) is 0 Å². The number of aromatic nitrogens is 2. The Morgan fingerprint density at radius 3 is 2.65 bits per heavy atom. The highest BCUT2D eigenvalue weighted by Gasteiger charge is 2.20. The van der Waals surface area contributed by atoms with Crippen LogP contribution in [0.3, 0.4) is 0 Å². The van der Waals surface area contributed by atoms with Crippen LogP contribution in [0.1, 0.15) is 24.6 Å². The summed E-state index contributed by atoms with van der Waals surface area (Å²) in [6.45, 7) is 4.19. The van der Waals surface area contributed by atoms with Gasteiger partial charge in [0.2, 0.25) is 0 Å². The summed E-state index contributed by atoms with van der Waals surface area (Å²) in [6.07, 6.45) is 4.85. The van der Waals surface area contributed by atoms with Crippen molar-refractivity contribution >= 4 is 52.2 Å². The van der Waals surface area contributed by atoms with E-state index >= 15 is 0 Å². The molecule has 0 bridgehead atoms. The number of anilines is 1. The molecule has 1 fully saturated rings. The largest absolute Gasteiger partial charge is 0.356 e. The molecule has 7 heteroatoms. The second-order valence-corrected chi connectivity index (χ2v) is 5.92. The maximum Gasteiger partial charge on any atom is 0.140 e. The van der Waals surface area contributed by atoms with Crippen LogP contribution < -0.4 is 10.6 Å². The Balaban J connectivity index is 0.000001000. The van der Waals surface area contributed by atoms with Gasteiger partial charge in [0.25, 0.3) is 0 Å². The number of nitrogens with two attached hydrogens (primary N) is 1. The highest BCUT2D eigenvalue weighted by Crippen LogP contribution is 2.31. The lowest BCUT2D eigenvalue weighted by molar-refractivity contribution is 0.499. The first-order chi connectivity index (χ1) is 8.78. The third-order valence-corrected chi connectivity index (χ3v) is 4.73. The molecule has 2 N–H and O–H groups in total. The van der Waals surface area contributed by atoms with E-state index in [2.05, 4.69) is 27.9 Å². The number of fused-ring (bicyclic) bond motifs is 1. The van der Waals surface area contributed by atoms with E-state index in [4.69, 9.17) is 5.73 Å². The van der Waals surface area contributed by atoms with Crippen LogP contribution in [-0.4, -0.2) is 29.1 Å².